The Balaban J connectivity index is 3.67. The lowest BCUT2D eigenvalue weighted by Crippen LogP contribution is -2.37. The highest BCUT2D eigenvalue weighted by Crippen LogP contribution is 2.21. The van der Waals surface area contributed by atoms with E-state index in [0.29, 0.717) is 6.42 Å². The molecule has 0 aliphatic rings. The maximum Gasteiger partial charge on any atom is 0.390 e. The molecule has 0 spiro atoms. The molecule has 0 fully saturated rings. The Morgan fingerprint density at radius 1 is 1.23 bits per heavy atom. The molecule has 0 aromatic carbocycles. The van der Waals surface area contributed by atoms with E-state index in [0.717, 1.165) is 0 Å². The standard InChI is InChI=1S/C8H16F3NO/c1-6(3-4-13)12-7(2)5-8(9,10)11/h6-7,12-13H,3-5H2,1-2H3/t6-,7?/m1/s1. The summed E-state index contributed by atoms with van der Waals surface area (Å²) in [4.78, 5) is 0. The molecule has 13 heavy (non-hydrogen) atoms. The normalized spacial score (nSPS) is 17.1. The van der Waals surface area contributed by atoms with Crippen molar-refractivity contribution in [2.24, 2.45) is 0 Å². The number of aliphatic hydroxyl groups excluding tert-OH is 1. The van der Waals surface area contributed by atoms with Crippen LogP contribution in [0, 0.1) is 0 Å². The molecule has 5 heteroatoms. The number of aliphatic hydroxyl groups is 1. The van der Waals surface area contributed by atoms with E-state index in [4.69, 9.17) is 5.11 Å². The number of rotatable bonds is 5. The van der Waals surface area contributed by atoms with Gasteiger partial charge >= 0.3 is 6.18 Å². The summed E-state index contributed by atoms with van der Waals surface area (Å²) in [6, 6.07) is -0.677. The van der Waals surface area contributed by atoms with Crippen LogP contribution in [-0.4, -0.2) is 30.0 Å². The van der Waals surface area contributed by atoms with Crippen molar-refractivity contribution in [3.63, 3.8) is 0 Å². The van der Waals surface area contributed by atoms with Crippen LogP contribution in [0.4, 0.5) is 13.2 Å². The fraction of sp³-hybridized carbons (Fsp3) is 1.00. The molecule has 0 saturated carbocycles. The van der Waals surface area contributed by atoms with E-state index in [1.165, 1.54) is 6.92 Å². The summed E-state index contributed by atoms with van der Waals surface area (Å²) in [6.07, 6.45) is -4.48. The van der Waals surface area contributed by atoms with Crippen molar-refractivity contribution >= 4 is 0 Å². The lowest BCUT2D eigenvalue weighted by molar-refractivity contribution is -0.139. The van der Waals surface area contributed by atoms with Gasteiger partial charge in [0, 0.05) is 18.7 Å². The lowest BCUT2D eigenvalue weighted by Gasteiger charge is -2.20. The highest BCUT2D eigenvalue weighted by Gasteiger charge is 2.30. The molecule has 2 nitrogen and oxygen atoms in total. The van der Waals surface area contributed by atoms with Crippen molar-refractivity contribution < 1.29 is 18.3 Å². The van der Waals surface area contributed by atoms with Gasteiger partial charge in [0.25, 0.3) is 0 Å². The Bertz CT molecular complexity index is 138. The quantitative estimate of drug-likeness (QED) is 0.706. The Hall–Kier alpha value is -0.290. The third-order valence-electron chi connectivity index (χ3n) is 1.67. The monoisotopic (exact) mass is 199 g/mol. The van der Waals surface area contributed by atoms with Crippen LogP contribution in [0.3, 0.4) is 0 Å². The average Bonchev–Trinajstić information content (AvgIpc) is 1.81. The molecular weight excluding hydrogens is 183 g/mol. The summed E-state index contributed by atoms with van der Waals surface area (Å²) < 4.78 is 35.6. The van der Waals surface area contributed by atoms with Crippen LogP contribution in [0.5, 0.6) is 0 Å². The Kier molecular flexibility index (Phi) is 5.32. The van der Waals surface area contributed by atoms with E-state index < -0.39 is 18.6 Å². The third kappa shape index (κ3) is 8.05. The molecule has 0 aliphatic heterocycles. The summed E-state index contributed by atoms with van der Waals surface area (Å²) in [5.74, 6) is 0. The van der Waals surface area contributed by atoms with Gasteiger partial charge in [0.15, 0.2) is 0 Å². The molecule has 0 amide bonds. The van der Waals surface area contributed by atoms with Gasteiger partial charge in [-0.05, 0) is 20.3 Å². The van der Waals surface area contributed by atoms with Gasteiger partial charge in [0.05, 0.1) is 6.42 Å². The fourth-order valence-electron chi connectivity index (χ4n) is 1.17. The highest BCUT2D eigenvalue weighted by atomic mass is 19.4. The number of alkyl halides is 3. The maximum atomic E-state index is 11.9. The number of hydrogen-bond donors (Lipinski definition) is 2. The van der Waals surface area contributed by atoms with Crippen LogP contribution in [-0.2, 0) is 0 Å². The summed E-state index contributed by atoms with van der Waals surface area (Å²) in [5, 5.41) is 11.3. The van der Waals surface area contributed by atoms with Crippen molar-refractivity contribution in [3.05, 3.63) is 0 Å². The second-order valence-corrected chi connectivity index (χ2v) is 3.30. The first-order valence-corrected chi connectivity index (χ1v) is 4.29. The predicted octanol–water partition coefficient (Wildman–Crippen LogP) is 1.69. The predicted molar refractivity (Wildman–Crippen MR) is 44.4 cm³/mol. The highest BCUT2D eigenvalue weighted by molar-refractivity contribution is 4.70. The van der Waals surface area contributed by atoms with Gasteiger partial charge in [-0.15, -0.1) is 0 Å². The summed E-state index contributed by atoms with van der Waals surface area (Å²) in [5.41, 5.74) is 0. The summed E-state index contributed by atoms with van der Waals surface area (Å²) >= 11 is 0. The molecule has 0 saturated heterocycles. The van der Waals surface area contributed by atoms with Crippen LogP contribution in [0.1, 0.15) is 26.7 Å². The lowest BCUT2D eigenvalue weighted by atomic mass is 10.1. The minimum Gasteiger partial charge on any atom is -0.396 e. The Morgan fingerprint density at radius 2 is 1.77 bits per heavy atom. The first-order valence-electron chi connectivity index (χ1n) is 4.29. The zero-order valence-electron chi connectivity index (χ0n) is 7.86. The van der Waals surface area contributed by atoms with E-state index >= 15 is 0 Å². The van der Waals surface area contributed by atoms with E-state index in [-0.39, 0.29) is 12.6 Å². The van der Waals surface area contributed by atoms with Gasteiger partial charge in [-0.1, -0.05) is 0 Å². The smallest absolute Gasteiger partial charge is 0.390 e. The van der Waals surface area contributed by atoms with Crippen molar-refractivity contribution in [1.82, 2.24) is 5.32 Å². The van der Waals surface area contributed by atoms with E-state index in [1.807, 2.05) is 0 Å². The molecular formula is C8H16F3NO. The number of hydrogen-bond acceptors (Lipinski definition) is 2. The number of nitrogens with one attached hydrogen (secondary N) is 1. The van der Waals surface area contributed by atoms with Crippen LogP contribution >= 0.6 is 0 Å². The minimum absolute atomic E-state index is 0.00704. The molecule has 2 atom stereocenters. The molecule has 0 heterocycles. The molecule has 0 bridgehead atoms. The van der Waals surface area contributed by atoms with Gasteiger partial charge in [-0.25, -0.2) is 0 Å². The molecule has 0 rings (SSSR count). The molecule has 0 aliphatic carbocycles. The Labute approximate surface area is 76.1 Å². The van der Waals surface area contributed by atoms with Crippen LogP contribution in [0.25, 0.3) is 0 Å². The van der Waals surface area contributed by atoms with E-state index in [2.05, 4.69) is 5.32 Å². The van der Waals surface area contributed by atoms with Crippen molar-refractivity contribution in [2.75, 3.05) is 6.61 Å². The van der Waals surface area contributed by atoms with Crippen molar-refractivity contribution in [1.29, 1.82) is 0 Å². The van der Waals surface area contributed by atoms with E-state index in [9.17, 15) is 13.2 Å². The molecule has 1 unspecified atom stereocenters. The van der Waals surface area contributed by atoms with Crippen molar-refractivity contribution in [2.45, 2.75) is 44.9 Å². The van der Waals surface area contributed by atoms with Gasteiger partial charge < -0.3 is 10.4 Å². The van der Waals surface area contributed by atoms with Gasteiger partial charge in [0.2, 0.25) is 0 Å². The zero-order chi connectivity index (χ0) is 10.5. The molecule has 0 radical (unpaired) electrons. The van der Waals surface area contributed by atoms with Gasteiger partial charge in [0.1, 0.15) is 0 Å². The topological polar surface area (TPSA) is 32.3 Å². The number of halogens is 3. The van der Waals surface area contributed by atoms with Crippen LogP contribution in [0.2, 0.25) is 0 Å². The molecule has 0 aromatic rings. The maximum absolute atomic E-state index is 11.9. The SMILES string of the molecule is CC(CC(F)(F)F)N[C@H](C)CCO. The van der Waals surface area contributed by atoms with Gasteiger partial charge in [-0.3, -0.25) is 0 Å². The summed E-state index contributed by atoms with van der Waals surface area (Å²) in [6.45, 7) is 3.23. The average molecular weight is 199 g/mol. The minimum atomic E-state index is -4.12. The second kappa shape index (κ2) is 5.44. The Morgan fingerprint density at radius 3 is 2.15 bits per heavy atom. The largest absolute Gasteiger partial charge is 0.396 e. The third-order valence-corrected chi connectivity index (χ3v) is 1.67. The second-order valence-electron chi connectivity index (χ2n) is 3.30. The first-order chi connectivity index (χ1) is 5.85. The van der Waals surface area contributed by atoms with E-state index in [1.54, 1.807) is 6.92 Å². The van der Waals surface area contributed by atoms with Gasteiger partial charge in [-0.2, -0.15) is 13.2 Å². The first kappa shape index (κ1) is 12.7. The van der Waals surface area contributed by atoms with Crippen molar-refractivity contribution in [3.8, 4) is 0 Å². The fourth-order valence-corrected chi connectivity index (χ4v) is 1.17. The van der Waals surface area contributed by atoms with Crippen LogP contribution in [0.15, 0.2) is 0 Å². The molecule has 0 aromatic heterocycles. The van der Waals surface area contributed by atoms with Crippen LogP contribution < -0.4 is 5.32 Å². The molecule has 80 valence electrons. The molecule has 2 N–H and O–H groups in total. The summed E-state index contributed by atoms with van der Waals surface area (Å²) in [7, 11) is 0. The zero-order valence-corrected chi connectivity index (χ0v) is 7.86.